The molecule has 0 aliphatic heterocycles. The standard InChI is InChI=1S/C15H16N6Si/c16-20-18-11-15(12-19-21-17)22(13-7-3-1-4-8-13)14-9-5-2-6-10-14/h1-10,15,22H,11-12H2. The zero-order chi connectivity index (χ0) is 15.6. The van der Waals surface area contributed by atoms with Crippen LogP contribution in [0.15, 0.2) is 70.9 Å². The molecule has 0 saturated heterocycles. The summed E-state index contributed by atoms with van der Waals surface area (Å²) < 4.78 is 0. The lowest BCUT2D eigenvalue weighted by Crippen LogP contribution is -2.47. The Balaban J connectivity index is 2.44. The molecular weight excluding hydrogens is 292 g/mol. The fourth-order valence-electron chi connectivity index (χ4n) is 2.61. The van der Waals surface area contributed by atoms with Gasteiger partial charge in [0.25, 0.3) is 0 Å². The van der Waals surface area contributed by atoms with E-state index < -0.39 is 8.80 Å². The molecule has 0 amide bonds. The number of hydrogen-bond donors (Lipinski definition) is 0. The third-order valence-electron chi connectivity index (χ3n) is 3.55. The highest BCUT2D eigenvalue weighted by Crippen LogP contribution is 2.13. The van der Waals surface area contributed by atoms with Crippen LogP contribution in [-0.4, -0.2) is 21.9 Å². The molecule has 0 aliphatic rings. The highest BCUT2D eigenvalue weighted by atomic mass is 28.3. The van der Waals surface area contributed by atoms with Crippen LogP contribution in [0, 0.1) is 0 Å². The third-order valence-corrected chi connectivity index (χ3v) is 7.12. The van der Waals surface area contributed by atoms with Gasteiger partial charge in [-0.15, -0.1) is 0 Å². The molecule has 110 valence electrons. The van der Waals surface area contributed by atoms with Gasteiger partial charge in [0.15, 0.2) is 0 Å². The van der Waals surface area contributed by atoms with Crippen LogP contribution in [0.3, 0.4) is 0 Å². The number of hydrogen-bond acceptors (Lipinski definition) is 2. The van der Waals surface area contributed by atoms with Gasteiger partial charge in [0.05, 0.1) is 0 Å². The number of azide groups is 2. The second-order valence-corrected chi connectivity index (χ2v) is 8.12. The zero-order valence-corrected chi connectivity index (χ0v) is 13.2. The van der Waals surface area contributed by atoms with Gasteiger partial charge < -0.3 is 0 Å². The maximum absolute atomic E-state index is 8.63. The summed E-state index contributed by atoms with van der Waals surface area (Å²) in [5.74, 6) is 0. The summed E-state index contributed by atoms with van der Waals surface area (Å²) in [5.41, 5.74) is 17.3. The Morgan fingerprint density at radius 3 is 1.55 bits per heavy atom. The summed E-state index contributed by atoms with van der Waals surface area (Å²) >= 11 is 0. The van der Waals surface area contributed by atoms with Crippen LogP contribution in [-0.2, 0) is 0 Å². The molecule has 7 heteroatoms. The fourth-order valence-corrected chi connectivity index (χ4v) is 5.97. The van der Waals surface area contributed by atoms with Gasteiger partial charge in [-0.1, -0.05) is 81.3 Å². The Morgan fingerprint density at radius 1 is 0.773 bits per heavy atom. The molecule has 0 bridgehead atoms. The van der Waals surface area contributed by atoms with E-state index in [2.05, 4.69) is 44.3 Å². The van der Waals surface area contributed by atoms with Gasteiger partial charge in [-0.3, -0.25) is 0 Å². The van der Waals surface area contributed by atoms with Crippen LogP contribution in [0.1, 0.15) is 0 Å². The summed E-state index contributed by atoms with van der Waals surface area (Å²) in [6.07, 6.45) is 0. The lowest BCUT2D eigenvalue weighted by molar-refractivity contribution is 0.817. The first kappa shape index (κ1) is 15.7. The minimum atomic E-state index is -1.66. The first-order valence-electron chi connectivity index (χ1n) is 6.98. The molecule has 2 rings (SSSR count). The summed E-state index contributed by atoms with van der Waals surface area (Å²) in [7, 11) is -1.66. The van der Waals surface area contributed by atoms with Gasteiger partial charge in [-0.2, -0.15) is 0 Å². The normalized spacial score (nSPS) is 11.3. The Kier molecular flexibility index (Phi) is 6.08. The fraction of sp³-hybridized carbons (Fsp3) is 0.200. The highest BCUT2D eigenvalue weighted by molar-refractivity contribution is 6.86. The van der Waals surface area contributed by atoms with Gasteiger partial charge >= 0.3 is 0 Å². The van der Waals surface area contributed by atoms with Crippen molar-refractivity contribution in [2.75, 3.05) is 13.1 Å². The Labute approximate surface area is 130 Å². The molecule has 0 spiro atoms. The van der Waals surface area contributed by atoms with Crippen LogP contribution in [0.5, 0.6) is 0 Å². The topological polar surface area (TPSA) is 97.5 Å². The monoisotopic (exact) mass is 308 g/mol. The Morgan fingerprint density at radius 2 is 1.18 bits per heavy atom. The van der Waals surface area contributed by atoms with E-state index in [-0.39, 0.29) is 5.54 Å². The first-order chi connectivity index (χ1) is 10.9. The van der Waals surface area contributed by atoms with Crippen molar-refractivity contribution >= 4 is 19.2 Å². The molecule has 2 aromatic rings. The average Bonchev–Trinajstić information content (AvgIpc) is 2.59. The molecule has 0 aliphatic carbocycles. The average molecular weight is 308 g/mol. The molecule has 0 fully saturated rings. The molecule has 0 radical (unpaired) electrons. The molecule has 0 atom stereocenters. The SMILES string of the molecule is [N-]=[N+]=NCC(CN=[N+]=[N-])[SiH](c1ccccc1)c1ccccc1. The summed E-state index contributed by atoms with van der Waals surface area (Å²) in [5, 5.41) is 9.96. The molecule has 0 heterocycles. The quantitative estimate of drug-likeness (QED) is 0.325. The summed E-state index contributed by atoms with van der Waals surface area (Å²) in [6.45, 7) is 0.687. The van der Waals surface area contributed by atoms with Gasteiger partial charge in [0.2, 0.25) is 0 Å². The van der Waals surface area contributed by atoms with E-state index in [4.69, 9.17) is 11.1 Å². The molecule has 22 heavy (non-hydrogen) atoms. The van der Waals surface area contributed by atoms with Crippen molar-refractivity contribution in [3.8, 4) is 0 Å². The molecular formula is C15H16N6Si. The Hall–Kier alpha value is -2.72. The number of benzene rings is 2. The minimum absolute atomic E-state index is 0.0524. The highest BCUT2D eigenvalue weighted by Gasteiger charge is 2.25. The van der Waals surface area contributed by atoms with E-state index >= 15 is 0 Å². The first-order valence-corrected chi connectivity index (χ1v) is 8.80. The number of nitrogens with zero attached hydrogens (tertiary/aromatic N) is 6. The predicted octanol–water partition coefficient (Wildman–Crippen LogP) is 3.02. The van der Waals surface area contributed by atoms with Crippen LogP contribution in [0.4, 0.5) is 0 Å². The van der Waals surface area contributed by atoms with E-state index in [1.807, 2.05) is 36.4 Å². The van der Waals surface area contributed by atoms with Crippen LogP contribution in [0.2, 0.25) is 5.54 Å². The molecule has 0 N–H and O–H groups in total. The van der Waals surface area contributed by atoms with Crippen molar-refractivity contribution in [3.63, 3.8) is 0 Å². The van der Waals surface area contributed by atoms with Gasteiger partial charge in [0, 0.05) is 22.9 Å². The smallest absolute Gasteiger partial charge is 0.0940 e. The Bertz CT molecular complexity index is 618. The second-order valence-electron chi connectivity index (χ2n) is 4.89. The maximum Gasteiger partial charge on any atom is 0.106 e. The summed E-state index contributed by atoms with van der Waals surface area (Å²) in [4.78, 5) is 5.73. The van der Waals surface area contributed by atoms with Gasteiger partial charge in [-0.05, 0) is 16.6 Å². The van der Waals surface area contributed by atoms with E-state index in [0.29, 0.717) is 13.1 Å². The van der Waals surface area contributed by atoms with Crippen LogP contribution >= 0.6 is 0 Å². The largest absolute Gasteiger partial charge is 0.106 e. The van der Waals surface area contributed by atoms with Crippen molar-refractivity contribution < 1.29 is 0 Å². The van der Waals surface area contributed by atoms with Gasteiger partial charge in [0.1, 0.15) is 8.80 Å². The molecule has 0 saturated carbocycles. The lowest BCUT2D eigenvalue weighted by atomic mass is 10.4. The van der Waals surface area contributed by atoms with E-state index in [9.17, 15) is 0 Å². The van der Waals surface area contributed by atoms with Crippen molar-refractivity contribution in [3.05, 3.63) is 81.5 Å². The van der Waals surface area contributed by atoms with Crippen molar-refractivity contribution in [2.24, 2.45) is 10.2 Å². The van der Waals surface area contributed by atoms with Crippen LogP contribution < -0.4 is 10.4 Å². The third kappa shape index (κ3) is 4.13. The van der Waals surface area contributed by atoms with Crippen LogP contribution in [0.25, 0.3) is 20.9 Å². The van der Waals surface area contributed by atoms with E-state index in [0.717, 1.165) is 0 Å². The van der Waals surface area contributed by atoms with Crippen molar-refractivity contribution in [1.29, 1.82) is 0 Å². The lowest BCUT2D eigenvalue weighted by Gasteiger charge is -2.24. The van der Waals surface area contributed by atoms with Gasteiger partial charge in [-0.25, -0.2) is 0 Å². The predicted molar refractivity (Wildman–Crippen MR) is 91.1 cm³/mol. The molecule has 2 aromatic carbocycles. The zero-order valence-electron chi connectivity index (χ0n) is 12.0. The molecule has 6 nitrogen and oxygen atoms in total. The summed E-state index contributed by atoms with van der Waals surface area (Å²) in [6, 6.07) is 20.4. The van der Waals surface area contributed by atoms with Crippen molar-refractivity contribution in [2.45, 2.75) is 5.54 Å². The maximum atomic E-state index is 8.63. The number of rotatable bonds is 7. The van der Waals surface area contributed by atoms with E-state index in [1.165, 1.54) is 10.4 Å². The van der Waals surface area contributed by atoms with E-state index in [1.54, 1.807) is 0 Å². The second kappa shape index (κ2) is 8.54. The minimum Gasteiger partial charge on any atom is -0.0940 e. The van der Waals surface area contributed by atoms with Crippen molar-refractivity contribution in [1.82, 2.24) is 0 Å². The molecule has 0 aromatic heterocycles. The molecule has 0 unspecified atom stereocenters.